The van der Waals surface area contributed by atoms with E-state index in [1.165, 1.54) is 0 Å². The lowest BCUT2D eigenvalue weighted by Gasteiger charge is -2.35. The quantitative estimate of drug-likeness (QED) is 0.933. The van der Waals surface area contributed by atoms with Gasteiger partial charge in [-0.05, 0) is 26.0 Å². The first-order valence-corrected chi connectivity index (χ1v) is 7.38. The highest BCUT2D eigenvalue weighted by Crippen LogP contribution is 2.22. The molecule has 0 bridgehead atoms. The molecule has 1 fully saturated rings. The number of rotatable bonds is 3. The molecule has 21 heavy (non-hydrogen) atoms. The van der Waals surface area contributed by atoms with Gasteiger partial charge in [0.15, 0.2) is 0 Å². The second-order valence-corrected chi connectivity index (χ2v) is 5.60. The third-order valence-electron chi connectivity index (χ3n) is 3.80. The zero-order valence-corrected chi connectivity index (χ0v) is 12.6. The van der Waals surface area contributed by atoms with E-state index < -0.39 is 0 Å². The number of ether oxygens (including phenoxy) is 1. The van der Waals surface area contributed by atoms with Crippen molar-refractivity contribution in [3.63, 3.8) is 0 Å². The van der Waals surface area contributed by atoms with Crippen molar-refractivity contribution >= 4 is 5.95 Å². The number of morpholine rings is 1. The SMILES string of the molecule is Cc1cn(-c2ccccc2)c(N2CCOC(C(C)N)C2)n1. The van der Waals surface area contributed by atoms with Crippen LogP contribution in [-0.2, 0) is 4.74 Å². The maximum absolute atomic E-state index is 5.98. The Hall–Kier alpha value is -1.85. The van der Waals surface area contributed by atoms with Crippen LogP contribution in [0.1, 0.15) is 12.6 Å². The number of aryl methyl sites for hydroxylation is 1. The standard InChI is InChI=1S/C16H22N4O/c1-12-10-20(14-6-4-3-5-7-14)16(18-12)19-8-9-21-15(11-19)13(2)17/h3-7,10,13,15H,8-9,11,17H2,1-2H3. The molecule has 2 heterocycles. The summed E-state index contributed by atoms with van der Waals surface area (Å²) in [7, 11) is 0. The molecule has 5 nitrogen and oxygen atoms in total. The Morgan fingerprint density at radius 2 is 2.10 bits per heavy atom. The first kappa shape index (κ1) is 14.1. The third kappa shape index (κ3) is 2.94. The lowest BCUT2D eigenvalue weighted by Crippen LogP contribution is -2.50. The Bertz CT molecular complexity index is 594. The van der Waals surface area contributed by atoms with Crippen LogP contribution in [0.15, 0.2) is 36.5 Å². The summed E-state index contributed by atoms with van der Waals surface area (Å²) < 4.78 is 7.88. The predicted molar refractivity (Wildman–Crippen MR) is 83.9 cm³/mol. The number of hydrogen-bond acceptors (Lipinski definition) is 4. The fourth-order valence-corrected chi connectivity index (χ4v) is 2.66. The van der Waals surface area contributed by atoms with Crippen LogP contribution >= 0.6 is 0 Å². The fourth-order valence-electron chi connectivity index (χ4n) is 2.66. The van der Waals surface area contributed by atoms with Gasteiger partial charge in [-0.3, -0.25) is 4.57 Å². The minimum Gasteiger partial charge on any atom is -0.373 e. The van der Waals surface area contributed by atoms with Gasteiger partial charge in [-0.1, -0.05) is 18.2 Å². The molecule has 1 aliphatic rings. The summed E-state index contributed by atoms with van der Waals surface area (Å²) in [6.07, 6.45) is 2.13. The number of para-hydroxylation sites is 1. The van der Waals surface area contributed by atoms with Crippen molar-refractivity contribution in [3.8, 4) is 5.69 Å². The molecule has 1 aromatic carbocycles. The van der Waals surface area contributed by atoms with E-state index in [9.17, 15) is 0 Å². The molecule has 2 aromatic rings. The molecule has 2 N–H and O–H groups in total. The molecule has 1 aliphatic heterocycles. The van der Waals surface area contributed by atoms with E-state index in [0.717, 1.165) is 30.4 Å². The Balaban J connectivity index is 1.92. The van der Waals surface area contributed by atoms with Crippen molar-refractivity contribution in [3.05, 3.63) is 42.2 Å². The first-order valence-electron chi connectivity index (χ1n) is 7.38. The van der Waals surface area contributed by atoms with Crippen molar-refractivity contribution in [1.82, 2.24) is 9.55 Å². The van der Waals surface area contributed by atoms with Crippen LogP contribution in [0.2, 0.25) is 0 Å². The fraction of sp³-hybridized carbons (Fsp3) is 0.438. The summed E-state index contributed by atoms with van der Waals surface area (Å²) in [5, 5.41) is 0. The van der Waals surface area contributed by atoms with Gasteiger partial charge in [-0.25, -0.2) is 4.98 Å². The Labute approximate surface area is 125 Å². The summed E-state index contributed by atoms with van der Waals surface area (Å²) >= 11 is 0. The molecule has 2 unspecified atom stereocenters. The van der Waals surface area contributed by atoms with Gasteiger partial charge >= 0.3 is 0 Å². The van der Waals surface area contributed by atoms with E-state index >= 15 is 0 Å². The first-order chi connectivity index (χ1) is 10.1. The number of hydrogen-bond donors (Lipinski definition) is 1. The van der Waals surface area contributed by atoms with E-state index in [1.54, 1.807) is 0 Å². The van der Waals surface area contributed by atoms with E-state index in [1.807, 2.05) is 32.0 Å². The molecule has 0 spiro atoms. The maximum atomic E-state index is 5.98. The van der Waals surface area contributed by atoms with Crippen molar-refractivity contribution in [2.24, 2.45) is 5.73 Å². The molecular weight excluding hydrogens is 264 g/mol. The van der Waals surface area contributed by atoms with E-state index in [4.69, 9.17) is 15.5 Å². The number of nitrogens with two attached hydrogens (primary N) is 1. The molecule has 0 radical (unpaired) electrons. The lowest BCUT2D eigenvalue weighted by molar-refractivity contribution is 0.0270. The summed E-state index contributed by atoms with van der Waals surface area (Å²) in [4.78, 5) is 6.96. The second-order valence-electron chi connectivity index (χ2n) is 5.60. The molecule has 0 saturated carbocycles. The molecule has 2 atom stereocenters. The molecule has 0 aliphatic carbocycles. The number of anilines is 1. The zero-order chi connectivity index (χ0) is 14.8. The average molecular weight is 286 g/mol. The number of nitrogens with zero attached hydrogens (tertiary/aromatic N) is 3. The Morgan fingerprint density at radius 1 is 1.33 bits per heavy atom. The van der Waals surface area contributed by atoms with Gasteiger partial charge in [-0.2, -0.15) is 0 Å². The highest BCUT2D eigenvalue weighted by atomic mass is 16.5. The average Bonchev–Trinajstić information content (AvgIpc) is 2.90. The molecular formula is C16H22N4O. The van der Waals surface area contributed by atoms with Gasteiger partial charge in [0.2, 0.25) is 5.95 Å². The van der Waals surface area contributed by atoms with Gasteiger partial charge < -0.3 is 15.4 Å². The molecule has 112 valence electrons. The smallest absolute Gasteiger partial charge is 0.210 e. The van der Waals surface area contributed by atoms with Gasteiger partial charge in [0.1, 0.15) is 0 Å². The highest BCUT2D eigenvalue weighted by Gasteiger charge is 2.26. The highest BCUT2D eigenvalue weighted by molar-refractivity contribution is 5.45. The molecule has 1 aromatic heterocycles. The summed E-state index contributed by atoms with van der Waals surface area (Å²) in [5.41, 5.74) is 8.12. The Kier molecular flexibility index (Phi) is 3.94. The number of imidazole rings is 1. The van der Waals surface area contributed by atoms with E-state index in [-0.39, 0.29) is 12.1 Å². The molecule has 5 heteroatoms. The van der Waals surface area contributed by atoms with Crippen molar-refractivity contribution in [2.75, 3.05) is 24.6 Å². The topological polar surface area (TPSA) is 56.3 Å². The second kappa shape index (κ2) is 5.87. The normalized spacial score (nSPS) is 20.5. The van der Waals surface area contributed by atoms with Crippen LogP contribution in [0.3, 0.4) is 0 Å². The number of aromatic nitrogens is 2. The Morgan fingerprint density at radius 3 is 2.81 bits per heavy atom. The summed E-state index contributed by atoms with van der Waals surface area (Å²) in [6.45, 7) is 6.32. The van der Waals surface area contributed by atoms with Gasteiger partial charge in [0.25, 0.3) is 0 Å². The van der Waals surface area contributed by atoms with Crippen LogP contribution in [0, 0.1) is 6.92 Å². The summed E-state index contributed by atoms with van der Waals surface area (Å²) in [6, 6.07) is 10.3. The molecule has 1 saturated heterocycles. The largest absolute Gasteiger partial charge is 0.373 e. The third-order valence-corrected chi connectivity index (χ3v) is 3.80. The zero-order valence-electron chi connectivity index (χ0n) is 12.6. The van der Waals surface area contributed by atoms with Crippen LogP contribution in [-0.4, -0.2) is 41.4 Å². The van der Waals surface area contributed by atoms with E-state index in [2.05, 4.69) is 27.8 Å². The van der Waals surface area contributed by atoms with Crippen LogP contribution < -0.4 is 10.6 Å². The van der Waals surface area contributed by atoms with Gasteiger partial charge in [-0.15, -0.1) is 0 Å². The number of benzene rings is 1. The van der Waals surface area contributed by atoms with Crippen LogP contribution in [0.5, 0.6) is 0 Å². The minimum atomic E-state index is 0.0223. The van der Waals surface area contributed by atoms with Crippen molar-refractivity contribution < 1.29 is 4.74 Å². The molecule has 3 rings (SSSR count). The van der Waals surface area contributed by atoms with Gasteiger partial charge in [0, 0.05) is 31.0 Å². The maximum Gasteiger partial charge on any atom is 0.210 e. The van der Waals surface area contributed by atoms with Gasteiger partial charge in [0.05, 0.1) is 18.4 Å². The van der Waals surface area contributed by atoms with Crippen molar-refractivity contribution in [1.29, 1.82) is 0 Å². The van der Waals surface area contributed by atoms with Crippen LogP contribution in [0.4, 0.5) is 5.95 Å². The van der Waals surface area contributed by atoms with Crippen molar-refractivity contribution in [2.45, 2.75) is 26.0 Å². The predicted octanol–water partition coefficient (Wildman–Crippen LogP) is 1.73. The monoisotopic (exact) mass is 286 g/mol. The van der Waals surface area contributed by atoms with E-state index in [0.29, 0.717) is 6.61 Å². The van der Waals surface area contributed by atoms with Crippen LogP contribution in [0.25, 0.3) is 5.69 Å². The lowest BCUT2D eigenvalue weighted by atomic mass is 10.1. The molecule has 0 amide bonds. The summed E-state index contributed by atoms with van der Waals surface area (Å²) in [5.74, 6) is 0.965. The minimum absolute atomic E-state index is 0.0223.